The third-order valence-electron chi connectivity index (χ3n) is 1.96. The average molecular weight is 233 g/mol. The predicted octanol–water partition coefficient (Wildman–Crippen LogP) is 1.35. The maximum absolute atomic E-state index is 11.3. The first-order chi connectivity index (χ1) is 6.56. The van der Waals surface area contributed by atoms with E-state index in [9.17, 15) is 9.46 Å². The lowest BCUT2D eigenvalue weighted by Gasteiger charge is -2.27. The van der Waals surface area contributed by atoms with Crippen molar-refractivity contribution >= 4 is 19.0 Å². The van der Waals surface area contributed by atoms with Crippen molar-refractivity contribution in [2.75, 3.05) is 5.62 Å². The molecule has 0 aliphatic carbocycles. The summed E-state index contributed by atoms with van der Waals surface area (Å²) in [6.07, 6.45) is 0.314. The zero-order valence-electron chi connectivity index (χ0n) is 7.60. The standard InChI is InChI=1S/C9H13ClNO2P/c10-7-14(12,13)9(11)6-8-4-2-1-3-5-8/h1-5,9H,6-7,11H2,(H,12,13)/p-1. The molecule has 0 amide bonds. The first-order valence-electron chi connectivity index (χ1n) is 4.21. The molecule has 78 valence electrons. The topological polar surface area (TPSA) is 66.2 Å². The van der Waals surface area contributed by atoms with E-state index in [0.29, 0.717) is 6.42 Å². The quantitative estimate of drug-likeness (QED) is 0.629. The predicted molar refractivity (Wildman–Crippen MR) is 56.4 cm³/mol. The van der Waals surface area contributed by atoms with Gasteiger partial charge in [0.15, 0.2) is 0 Å². The SMILES string of the molecule is NC(Cc1ccccc1)P(=O)([O-])CCl. The summed E-state index contributed by atoms with van der Waals surface area (Å²) in [6.45, 7) is 0. The molecule has 0 aliphatic rings. The van der Waals surface area contributed by atoms with Crippen LogP contribution in [0.1, 0.15) is 5.56 Å². The third-order valence-corrected chi connectivity index (χ3v) is 4.49. The summed E-state index contributed by atoms with van der Waals surface area (Å²) in [4.78, 5) is 11.3. The van der Waals surface area contributed by atoms with Crippen molar-refractivity contribution in [2.45, 2.75) is 12.2 Å². The highest BCUT2D eigenvalue weighted by atomic mass is 35.5. The van der Waals surface area contributed by atoms with Gasteiger partial charge < -0.3 is 15.2 Å². The largest absolute Gasteiger partial charge is 0.797 e. The van der Waals surface area contributed by atoms with Crippen molar-refractivity contribution in [3.8, 4) is 0 Å². The number of alkyl halides is 1. The van der Waals surface area contributed by atoms with Crippen molar-refractivity contribution in [1.82, 2.24) is 0 Å². The molecule has 1 aromatic rings. The molecule has 0 radical (unpaired) electrons. The Bertz CT molecular complexity index is 331. The third kappa shape index (κ3) is 3.10. The zero-order chi connectivity index (χ0) is 10.6. The average Bonchev–Trinajstić information content (AvgIpc) is 2.19. The number of rotatable bonds is 4. The lowest BCUT2D eigenvalue weighted by molar-refractivity contribution is -0.176. The van der Waals surface area contributed by atoms with Gasteiger partial charge in [0.2, 0.25) is 0 Å². The molecule has 0 heterocycles. The van der Waals surface area contributed by atoms with Gasteiger partial charge in [0.1, 0.15) is 0 Å². The maximum Gasteiger partial charge on any atom is 0.0646 e. The Morgan fingerprint density at radius 1 is 1.43 bits per heavy atom. The Balaban J connectivity index is 2.67. The van der Waals surface area contributed by atoms with E-state index in [0.717, 1.165) is 5.56 Å². The molecular formula is C9H12ClNO2P-. The molecule has 0 aromatic heterocycles. The van der Waals surface area contributed by atoms with E-state index < -0.39 is 18.8 Å². The van der Waals surface area contributed by atoms with Gasteiger partial charge in [0, 0.05) is 7.37 Å². The molecule has 0 fully saturated rings. The lowest BCUT2D eigenvalue weighted by atomic mass is 10.1. The van der Waals surface area contributed by atoms with Crippen LogP contribution < -0.4 is 10.6 Å². The van der Waals surface area contributed by atoms with Gasteiger partial charge in [-0.1, -0.05) is 30.3 Å². The fourth-order valence-corrected chi connectivity index (χ4v) is 2.28. The number of nitrogens with two attached hydrogens (primary N) is 1. The molecular weight excluding hydrogens is 221 g/mol. The first-order valence-corrected chi connectivity index (χ1v) is 6.63. The van der Waals surface area contributed by atoms with E-state index >= 15 is 0 Å². The smallest absolute Gasteiger partial charge is 0.0646 e. The van der Waals surface area contributed by atoms with Crippen molar-refractivity contribution in [3.05, 3.63) is 35.9 Å². The molecule has 0 saturated heterocycles. The number of hydrogen-bond donors (Lipinski definition) is 1. The van der Waals surface area contributed by atoms with Crippen molar-refractivity contribution < 1.29 is 9.46 Å². The molecule has 2 atom stereocenters. The minimum Gasteiger partial charge on any atom is -0.797 e. The molecule has 1 rings (SSSR count). The van der Waals surface area contributed by atoms with Crippen LogP contribution in [-0.4, -0.2) is 11.4 Å². The van der Waals surface area contributed by atoms with Gasteiger partial charge in [-0.2, -0.15) is 0 Å². The summed E-state index contributed by atoms with van der Waals surface area (Å²) >= 11 is 5.30. The van der Waals surface area contributed by atoms with E-state index in [1.54, 1.807) is 0 Å². The van der Waals surface area contributed by atoms with Crippen LogP contribution in [-0.2, 0) is 11.0 Å². The first kappa shape index (κ1) is 11.7. The molecule has 0 saturated carbocycles. The van der Waals surface area contributed by atoms with Crippen LogP contribution in [0.15, 0.2) is 30.3 Å². The summed E-state index contributed by atoms with van der Waals surface area (Å²) in [6, 6.07) is 9.24. The molecule has 14 heavy (non-hydrogen) atoms. The zero-order valence-corrected chi connectivity index (χ0v) is 9.25. The maximum atomic E-state index is 11.3. The van der Waals surface area contributed by atoms with Crippen molar-refractivity contribution in [1.29, 1.82) is 0 Å². The summed E-state index contributed by atoms with van der Waals surface area (Å²) in [7, 11) is -3.64. The van der Waals surface area contributed by atoms with Crippen LogP contribution in [0, 0.1) is 0 Å². The van der Waals surface area contributed by atoms with Gasteiger partial charge in [-0.05, 0) is 12.0 Å². The molecule has 2 unspecified atom stereocenters. The van der Waals surface area contributed by atoms with Crippen LogP contribution in [0.25, 0.3) is 0 Å². The normalized spacial score (nSPS) is 17.4. The molecule has 0 spiro atoms. The number of benzene rings is 1. The molecule has 3 nitrogen and oxygen atoms in total. The molecule has 2 N–H and O–H groups in total. The number of halogens is 1. The minimum atomic E-state index is -3.64. The second-order valence-electron chi connectivity index (χ2n) is 3.10. The fraction of sp³-hybridized carbons (Fsp3) is 0.333. The van der Waals surface area contributed by atoms with Gasteiger partial charge in [-0.15, -0.1) is 11.6 Å². The second kappa shape index (κ2) is 4.94. The highest BCUT2D eigenvalue weighted by molar-refractivity contribution is 7.58. The van der Waals surface area contributed by atoms with Gasteiger partial charge in [0.25, 0.3) is 0 Å². The summed E-state index contributed by atoms with van der Waals surface area (Å²) < 4.78 is 11.3. The molecule has 1 aromatic carbocycles. The lowest BCUT2D eigenvalue weighted by Crippen LogP contribution is -2.29. The Kier molecular flexibility index (Phi) is 4.14. The van der Waals surface area contributed by atoms with Gasteiger partial charge in [-0.3, -0.25) is 0 Å². The van der Waals surface area contributed by atoms with Gasteiger partial charge in [-0.25, -0.2) is 0 Å². The Hall–Kier alpha value is -0.340. The van der Waals surface area contributed by atoms with E-state index in [-0.39, 0.29) is 0 Å². The second-order valence-corrected chi connectivity index (χ2v) is 6.17. The van der Waals surface area contributed by atoms with Crippen LogP contribution in [0.2, 0.25) is 0 Å². The van der Waals surface area contributed by atoms with Gasteiger partial charge in [0.05, 0.1) is 11.4 Å². The Labute approximate surface area is 88.3 Å². The monoisotopic (exact) mass is 232 g/mol. The molecule has 0 aliphatic heterocycles. The molecule has 5 heteroatoms. The Morgan fingerprint density at radius 2 is 2.00 bits per heavy atom. The van der Waals surface area contributed by atoms with Crippen LogP contribution in [0.5, 0.6) is 0 Å². The minimum absolute atomic E-state index is 0.314. The van der Waals surface area contributed by atoms with Gasteiger partial charge >= 0.3 is 0 Å². The van der Waals surface area contributed by atoms with E-state index in [2.05, 4.69) is 0 Å². The summed E-state index contributed by atoms with van der Waals surface area (Å²) in [5.41, 5.74) is 6.04. The van der Waals surface area contributed by atoms with E-state index in [4.69, 9.17) is 17.3 Å². The van der Waals surface area contributed by atoms with Crippen molar-refractivity contribution in [2.24, 2.45) is 5.73 Å². The Morgan fingerprint density at radius 3 is 2.50 bits per heavy atom. The van der Waals surface area contributed by atoms with Crippen LogP contribution in [0.4, 0.5) is 0 Å². The van der Waals surface area contributed by atoms with E-state index in [1.165, 1.54) is 0 Å². The highest BCUT2D eigenvalue weighted by Crippen LogP contribution is 2.41. The fourth-order valence-electron chi connectivity index (χ4n) is 1.08. The highest BCUT2D eigenvalue weighted by Gasteiger charge is 2.16. The van der Waals surface area contributed by atoms with E-state index in [1.807, 2.05) is 30.3 Å². The number of hydrogen-bond acceptors (Lipinski definition) is 3. The van der Waals surface area contributed by atoms with Crippen molar-refractivity contribution in [3.63, 3.8) is 0 Å². The molecule has 0 bridgehead atoms. The summed E-state index contributed by atoms with van der Waals surface area (Å²) in [5.74, 6) is -0.887. The van der Waals surface area contributed by atoms with Crippen LogP contribution in [0.3, 0.4) is 0 Å². The summed E-state index contributed by atoms with van der Waals surface area (Å²) in [5, 5.41) is 0. The van der Waals surface area contributed by atoms with Crippen LogP contribution >= 0.6 is 19.0 Å².